The SMILES string of the molecule is [B]c1c([B])c([B])c2c(c1[B])c1cc(C(C)(C)C)ccc1n2-c1cc2c3c(c1)N(c1c(-c4cccc5ccccc45)cccc1-c1cccc4ccccc14)c1ccc(-c4cc(C(C)(C)C)cc(C(C)(C)C)c4)cc1B3c1cc(-c3cc(C(C)(C)C)cc(C(C)(C)C)c3)ccc1S2. The molecule has 0 N–H and O–H groups in total. The Morgan fingerprint density at radius 2 is 0.812 bits per heavy atom. The van der Waals surface area contributed by atoms with Gasteiger partial charge in [-0.15, -0.1) is 10.9 Å². The lowest BCUT2D eigenvalue weighted by Gasteiger charge is -2.42. The summed E-state index contributed by atoms with van der Waals surface area (Å²) < 4.78 is 2.31. The number of hydrogen-bond acceptors (Lipinski definition) is 2. The molecule has 0 fully saturated rings. The van der Waals surface area contributed by atoms with E-state index in [1.54, 1.807) is 0 Å². The standard InChI is InChI=1S/C88H79B5N2S/c1-84(2,3)56-35-37-71-68(47-56)76-77(89)78(90)79(91)80(92)83(76)94(71)61-48-73-81-75(49-61)96-74-38-34-53(55-41-59(87(10,11)12)46-60(42-55)88(13,14)15)44-70(74)93(81)69-43-52(54-39-57(85(4,5)6)45-58(40-54)86(7,8)9)33-36-72(69)95(73)82-66(64-29-20-25-50-23-16-18-27-62(50)64)31-22-32-67(82)65-30-21-26-51-24-17-19-28-63(51)65/h16-49H,1-15H3. The van der Waals surface area contributed by atoms with Crippen molar-refractivity contribution in [2.24, 2.45) is 0 Å². The fourth-order valence-electron chi connectivity index (χ4n) is 15.0. The molecule has 0 saturated carbocycles. The third kappa shape index (κ3) is 10.5. The van der Waals surface area contributed by atoms with E-state index in [-0.39, 0.29) is 39.3 Å². The van der Waals surface area contributed by atoms with Crippen molar-refractivity contribution >= 4 is 149 Å². The van der Waals surface area contributed by atoms with Gasteiger partial charge in [0.2, 0.25) is 6.71 Å². The number of anilines is 3. The lowest BCUT2D eigenvalue weighted by Crippen LogP contribution is -2.60. The van der Waals surface area contributed by atoms with Crippen molar-refractivity contribution < 1.29 is 0 Å². The van der Waals surface area contributed by atoms with E-state index in [9.17, 15) is 0 Å². The molecular formula is C88H79B5N2S. The first kappa shape index (κ1) is 63.5. The second kappa shape index (κ2) is 22.5. The Balaban J connectivity index is 1.12. The molecule has 13 aromatic rings. The highest BCUT2D eigenvalue weighted by Gasteiger charge is 2.44. The van der Waals surface area contributed by atoms with Gasteiger partial charge in [-0.3, -0.25) is 0 Å². The minimum Gasteiger partial charge on any atom is -0.310 e. The number of fused-ring (bicyclic) bond motifs is 9. The molecule has 0 saturated heterocycles. The second-order valence-electron chi connectivity index (χ2n) is 32.3. The van der Waals surface area contributed by atoms with Gasteiger partial charge >= 0.3 is 0 Å². The molecule has 1 aromatic heterocycles. The van der Waals surface area contributed by atoms with Crippen LogP contribution in [-0.4, -0.2) is 42.7 Å². The van der Waals surface area contributed by atoms with Crippen molar-refractivity contribution in [1.82, 2.24) is 4.57 Å². The number of hydrogen-bond donors (Lipinski definition) is 0. The molecule has 3 heterocycles. The van der Waals surface area contributed by atoms with Crippen molar-refractivity contribution in [1.29, 1.82) is 0 Å². The van der Waals surface area contributed by atoms with Crippen LogP contribution >= 0.6 is 11.8 Å². The highest BCUT2D eigenvalue weighted by molar-refractivity contribution is 8.00. The van der Waals surface area contributed by atoms with Gasteiger partial charge in [0.05, 0.1) is 11.2 Å². The van der Waals surface area contributed by atoms with Gasteiger partial charge in [0.25, 0.3) is 0 Å². The summed E-state index contributed by atoms with van der Waals surface area (Å²) in [5, 5.41) is 6.47. The summed E-state index contributed by atoms with van der Waals surface area (Å²) in [6, 6.07) is 79.1. The Kier molecular flexibility index (Phi) is 14.9. The molecule has 2 aliphatic rings. The van der Waals surface area contributed by atoms with Crippen LogP contribution in [0.3, 0.4) is 0 Å². The molecule has 0 unspecified atom stereocenters. The molecule has 0 aliphatic carbocycles. The maximum Gasteiger partial charge on any atom is 0.249 e. The topological polar surface area (TPSA) is 8.17 Å². The Labute approximate surface area is 579 Å². The smallest absolute Gasteiger partial charge is 0.249 e. The molecule has 8 radical (unpaired) electrons. The summed E-state index contributed by atoms with van der Waals surface area (Å²) in [6.45, 7) is 34.5. The van der Waals surface area contributed by atoms with Crippen LogP contribution in [0.25, 0.3) is 93.5 Å². The molecule has 0 bridgehead atoms. The molecule has 0 atom stereocenters. The van der Waals surface area contributed by atoms with Gasteiger partial charge in [-0.05, 0) is 163 Å². The van der Waals surface area contributed by atoms with E-state index in [2.05, 4.69) is 320 Å². The van der Waals surface area contributed by atoms with Crippen molar-refractivity contribution in [3.05, 3.63) is 234 Å². The number of rotatable bonds is 6. The minimum absolute atomic E-state index is 0.0713. The van der Waals surface area contributed by atoms with Crippen molar-refractivity contribution in [3.8, 4) is 50.2 Å². The van der Waals surface area contributed by atoms with E-state index in [1.165, 1.54) is 92.9 Å². The van der Waals surface area contributed by atoms with E-state index >= 15 is 0 Å². The van der Waals surface area contributed by atoms with Gasteiger partial charge in [-0.25, -0.2) is 0 Å². The molecular weight excluding hydrogens is 1170 g/mol. The summed E-state index contributed by atoms with van der Waals surface area (Å²) in [5.41, 5.74) is 26.3. The van der Waals surface area contributed by atoms with E-state index in [0.717, 1.165) is 71.7 Å². The van der Waals surface area contributed by atoms with Crippen LogP contribution in [0, 0.1) is 0 Å². The summed E-state index contributed by atoms with van der Waals surface area (Å²) in [7, 11) is 28.6. The van der Waals surface area contributed by atoms with Gasteiger partial charge < -0.3 is 9.47 Å². The van der Waals surface area contributed by atoms with Gasteiger partial charge in [-0.2, -0.15) is 0 Å². The zero-order valence-electron chi connectivity index (χ0n) is 58.3. The minimum atomic E-state index is -0.221. The van der Waals surface area contributed by atoms with E-state index in [4.69, 9.17) is 31.4 Å². The Bertz CT molecular complexity index is 5250. The van der Waals surface area contributed by atoms with Crippen LogP contribution in [0.2, 0.25) is 0 Å². The molecule has 12 aromatic carbocycles. The van der Waals surface area contributed by atoms with Crippen LogP contribution in [-0.2, 0) is 27.1 Å². The normalized spacial score (nSPS) is 13.4. The monoisotopic (exact) mass is 1250 g/mol. The van der Waals surface area contributed by atoms with Gasteiger partial charge in [0, 0.05) is 48.9 Å². The van der Waals surface area contributed by atoms with Crippen LogP contribution in [0.4, 0.5) is 17.1 Å². The molecule has 0 amide bonds. The molecule has 96 heavy (non-hydrogen) atoms. The van der Waals surface area contributed by atoms with Crippen LogP contribution < -0.4 is 43.1 Å². The third-order valence-electron chi connectivity index (χ3n) is 20.7. The van der Waals surface area contributed by atoms with Crippen LogP contribution in [0.15, 0.2) is 216 Å². The Morgan fingerprint density at radius 1 is 0.344 bits per heavy atom. The summed E-state index contributed by atoms with van der Waals surface area (Å²) in [4.78, 5) is 5.00. The fourth-order valence-corrected chi connectivity index (χ4v) is 16.2. The molecule has 462 valence electrons. The highest BCUT2D eigenvalue weighted by atomic mass is 32.2. The van der Waals surface area contributed by atoms with Crippen LogP contribution in [0.1, 0.15) is 132 Å². The lowest BCUT2D eigenvalue weighted by atomic mass is 9.34. The van der Waals surface area contributed by atoms with Gasteiger partial charge in [0.15, 0.2) is 0 Å². The fraction of sp³-hybridized carbons (Fsp3) is 0.227. The number of aromatic nitrogens is 1. The van der Waals surface area contributed by atoms with Crippen LogP contribution in [0.5, 0.6) is 0 Å². The average Bonchev–Trinajstić information content (AvgIpc) is 0.769. The lowest BCUT2D eigenvalue weighted by molar-refractivity contribution is 0.568. The summed E-state index contributed by atoms with van der Waals surface area (Å²) >= 11 is 1.86. The third-order valence-corrected chi connectivity index (χ3v) is 21.8. The number of para-hydroxylation sites is 1. The highest BCUT2D eigenvalue weighted by Crippen LogP contribution is 2.53. The van der Waals surface area contributed by atoms with Gasteiger partial charge in [-0.1, -0.05) is 302 Å². The summed E-state index contributed by atoms with van der Waals surface area (Å²) in [5.74, 6) is 0. The van der Waals surface area contributed by atoms with Crippen molar-refractivity contribution in [3.63, 3.8) is 0 Å². The van der Waals surface area contributed by atoms with Crippen molar-refractivity contribution in [2.45, 2.75) is 141 Å². The summed E-state index contributed by atoms with van der Waals surface area (Å²) in [6.07, 6.45) is 0. The second-order valence-corrected chi connectivity index (χ2v) is 33.4. The number of nitrogens with zero attached hydrogens (tertiary/aromatic N) is 2. The maximum absolute atomic E-state index is 7.42. The van der Waals surface area contributed by atoms with E-state index in [1.807, 2.05) is 11.8 Å². The van der Waals surface area contributed by atoms with Gasteiger partial charge in [0.1, 0.15) is 31.4 Å². The zero-order valence-corrected chi connectivity index (χ0v) is 59.1. The molecule has 8 heteroatoms. The Hall–Kier alpha value is -8.57. The first-order valence-corrected chi connectivity index (χ1v) is 34.8. The molecule has 15 rings (SSSR count). The number of benzene rings is 12. The predicted molar refractivity (Wildman–Crippen MR) is 422 cm³/mol. The quantitative estimate of drug-likeness (QED) is 0.153. The molecule has 2 aliphatic heterocycles. The first-order chi connectivity index (χ1) is 45.4. The molecule has 0 spiro atoms. The molecule has 2 nitrogen and oxygen atoms in total. The predicted octanol–water partition coefficient (Wildman–Crippen LogP) is 18.2. The van der Waals surface area contributed by atoms with Crippen molar-refractivity contribution in [2.75, 3.05) is 4.90 Å². The first-order valence-electron chi connectivity index (χ1n) is 34.0. The largest absolute Gasteiger partial charge is 0.310 e. The van der Waals surface area contributed by atoms with E-state index < -0.39 is 0 Å². The van der Waals surface area contributed by atoms with E-state index in [0.29, 0.717) is 16.4 Å². The maximum atomic E-state index is 7.42. The zero-order chi connectivity index (χ0) is 67.6. The Morgan fingerprint density at radius 3 is 1.34 bits per heavy atom. The average molecular weight is 1250 g/mol.